The van der Waals surface area contributed by atoms with Crippen molar-refractivity contribution in [3.8, 4) is 6.07 Å². The number of ether oxygens (including phenoxy) is 1. The van der Waals surface area contributed by atoms with Gasteiger partial charge in [-0.3, -0.25) is 9.78 Å². The summed E-state index contributed by atoms with van der Waals surface area (Å²) in [5.74, 6) is -0.314. The zero-order valence-corrected chi connectivity index (χ0v) is 10.1. The molecule has 2 atom stereocenters. The molecule has 2 rings (SSSR count). The number of aliphatic hydroxyl groups is 2. The molecule has 19 heavy (non-hydrogen) atoms. The van der Waals surface area contributed by atoms with E-state index in [0.29, 0.717) is 0 Å². The van der Waals surface area contributed by atoms with Crippen molar-refractivity contribution < 1.29 is 14.9 Å². The Morgan fingerprint density at radius 2 is 2.32 bits per heavy atom. The second-order valence-corrected chi connectivity index (χ2v) is 4.20. The highest BCUT2D eigenvalue weighted by atomic mass is 35.5. The Balaban J connectivity index is 2.56. The molecule has 1 aromatic rings. The van der Waals surface area contributed by atoms with Gasteiger partial charge in [0.1, 0.15) is 11.1 Å². The lowest BCUT2D eigenvalue weighted by Gasteiger charge is -2.22. The monoisotopic (exact) mass is 285 g/mol. The number of aromatic amines is 1. The van der Waals surface area contributed by atoms with Gasteiger partial charge in [-0.2, -0.15) is 5.26 Å². The molecule has 0 radical (unpaired) electrons. The minimum absolute atomic E-state index is 0.314. The van der Waals surface area contributed by atoms with Crippen LogP contribution in [0, 0.1) is 11.3 Å². The standard InChI is InChI=1S/C10H8ClN3O5/c11-6-7(17)10(3-12,4-15)19-8(6)14-2-1-5(16)13-9(14)18/h1-2,7,15,17H,4H2,(H,13,16,18)/t7-,10+/m0/s1. The maximum atomic E-state index is 11.6. The summed E-state index contributed by atoms with van der Waals surface area (Å²) < 4.78 is 5.93. The van der Waals surface area contributed by atoms with Crippen molar-refractivity contribution >= 4 is 17.5 Å². The summed E-state index contributed by atoms with van der Waals surface area (Å²) in [6.07, 6.45) is -0.519. The third-order valence-corrected chi connectivity index (χ3v) is 3.00. The van der Waals surface area contributed by atoms with Gasteiger partial charge >= 0.3 is 5.69 Å². The fraction of sp³-hybridized carbons (Fsp3) is 0.300. The van der Waals surface area contributed by atoms with Gasteiger partial charge in [-0.1, -0.05) is 11.6 Å². The van der Waals surface area contributed by atoms with E-state index in [0.717, 1.165) is 16.8 Å². The Morgan fingerprint density at radius 3 is 2.79 bits per heavy atom. The summed E-state index contributed by atoms with van der Waals surface area (Å²) in [5.41, 5.74) is -3.44. The van der Waals surface area contributed by atoms with Crippen LogP contribution in [0.15, 0.2) is 26.9 Å². The highest BCUT2D eigenvalue weighted by Gasteiger charge is 2.50. The molecule has 1 aromatic heterocycles. The average molecular weight is 286 g/mol. The number of halogens is 1. The predicted molar refractivity (Wildman–Crippen MR) is 62.9 cm³/mol. The zero-order valence-electron chi connectivity index (χ0n) is 9.33. The summed E-state index contributed by atoms with van der Waals surface area (Å²) in [4.78, 5) is 24.5. The van der Waals surface area contributed by atoms with Crippen LogP contribution in [0.3, 0.4) is 0 Å². The lowest BCUT2D eigenvalue weighted by atomic mass is 10.0. The van der Waals surface area contributed by atoms with Crippen molar-refractivity contribution in [1.29, 1.82) is 5.26 Å². The van der Waals surface area contributed by atoms with Crippen LogP contribution in [0.25, 0.3) is 5.88 Å². The zero-order chi connectivity index (χ0) is 14.2. The van der Waals surface area contributed by atoms with Gasteiger partial charge in [-0.05, 0) is 0 Å². The number of aliphatic hydroxyl groups excluding tert-OH is 2. The van der Waals surface area contributed by atoms with Gasteiger partial charge in [0.2, 0.25) is 11.5 Å². The number of hydrogen-bond donors (Lipinski definition) is 3. The normalized spacial score (nSPS) is 26.1. The average Bonchev–Trinajstić information content (AvgIpc) is 2.64. The van der Waals surface area contributed by atoms with E-state index in [4.69, 9.17) is 26.7 Å². The van der Waals surface area contributed by atoms with Gasteiger partial charge in [0, 0.05) is 12.3 Å². The van der Waals surface area contributed by atoms with Crippen LogP contribution in [0.5, 0.6) is 0 Å². The highest BCUT2D eigenvalue weighted by molar-refractivity contribution is 6.32. The molecule has 0 aliphatic carbocycles. The molecule has 0 saturated heterocycles. The third-order valence-electron chi connectivity index (χ3n) is 2.63. The Kier molecular flexibility index (Phi) is 3.20. The topological polar surface area (TPSA) is 128 Å². The fourth-order valence-corrected chi connectivity index (χ4v) is 1.88. The van der Waals surface area contributed by atoms with E-state index < -0.39 is 29.6 Å². The smallest absolute Gasteiger partial charge is 0.335 e. The van der Waals surface area contributed by atoms with Crippen molar-refractivity contribution in [2.75, 3.05) is 6.61 Å². The molecular formula is C10H8ClN3O5. The largest absolute Gasteiger partial charge is 0.450 e. The molecule has 0 fully saturated rings. The minimum Gasteiger partial charge on any atom is -0.450 e. The third kappa shape index (κ3) is 1.94. The number of hydrogen-bond acceptors (Lipinski definition) is 6. The second-order valence-electron chi connectivity index (χ2n) is 3.80. The van der Waals surface area contributed by atoms with E-state index >= 15 is 0 Å². The molecule has 2 heterocycles. The van der Waals surface area contributed by atoms with Crippen LogP contribution in [-0.2, 0) is 4.74 Å². The Hall–Kier alpha value is -2.08. The molecule has 0 saturated carbocycles. The molecule has 100 valence electrons. The summed E-state index contributed by atoms with van der Waals surface area (Å²) >= 11 is 5.81. The quantitative estimate of drug-likeness (QED) is 0.609. The molecule has 0 amide bonds. The molecule has 0 spiro atoms. The number of nitrogens with zero attached hydrogens (tertiary/aromatic N) is 2. The van der Waals surface area contributed by atoms with Crippen LogP contribution in [-0.4, -0.2) is 38.1 Å². The molecular weight excluding hydrogens is 278 g/mol. The summed E-state index contributed by atoms with van der Waals surface area (Å²) in [7, 11) is 0. The highest BCUT2D eigenvalue weighted by Crippen LogP contribution is 2.37. The number of rotatable bonds is 2. The van der Waals surface area contributed by atoms with E-state index in [1.807, 2.05) is 4.98 Å². The first-order chi connectivity index (χ1) is 8.95. The molecule has 0 aromatic carbocycles. The van der Waals surface area contributed by atoms with E-state index in [-0.39, 0.29) is 10.9 Å². The molecule has 1 aliphatic heterocycles. The van der Waals surface area contributed by atoms with Gasteiger partial charge in [-0.25, -0.2) is 9.36 Å². The first-order valence-electron chi connectivity index (χ1n) is 5.06. The Bertz CT molecular complexity index is 700. The lowest BCUT2D eigenvalue weighted by molar-refractivity contribution is -0.0288. The second kappa shape index (κ2) is 4.55. The molecule has 8 nitrogen and oxygen atoms in total. The first kappa shape index (κ1) is 13.4. The van der Waals surface area contributed by atoms with E-state index in [1.54, 1.807) is 6.07 Å². The predicted octanol–water partition coefficient (Wildman–Crippen LogP) is -1.45. The van der Waals surface area contributed by atoms with Crippen molar-refractivity contribution in [1.82, 2.24) is 9.55 Å². The summed E-state index contributed by atoms with van der Waals surface area (Å²) in [5, 5.41) is 27.6. The van der Waals surface area contributed by atoms with Gasteiger partial charge in [-0.15, -0.1) is 0 Å². The molecule has 0 unspecified atom stereocenters. The van der Waals surface area contributed by atoms with Crippen LogP contribution >= 0.6 is 11.6 Å². The van der Waals surface area contributed by atoms with Gasteiger partial charge < -0.3 is 14.9 Å². The molecule has 9 heteroatoms. The number of nitrogens with one attached hydrogen (secondary N) is 1. The van der Waals surface area contributed by atoms with Crippen molar-refractivity contribution in [3.63, 3.8) is 0 Å². The van der Waals surface area contributed by atoms with Crippen molar-refractivity contribution in [2.45, 2.75) is 11.7 Å². The van der Waals surface area contributed by atoms with Gasteiger partial charge in [0.05, 0.1) is 6.61 Å². The minimum atomic E-state index is -1.97. The SMILES string of the molecule is N#C[C@]1(CO)OC(n2ccc(=O)[nH]c2=O)=C(Cl)[C@@H]1O. The number of H-pyrrole nitrogens is 1. The maximum Gasteiger partial charge on any atom is 0.335 e. The van der Waals surface area contributed by atoms with E-state index in [1.165, 1.54) is 0 Å². The van der Waals surface area contributed by atoms with Crippen molar-refractivity contribution in [3.05, 3.63) is 38.1 Å². The van der Waals surface area contributed by atoms with Gasteiger partial charge in [0.25, 0.3) is 5.56 Å². The number of nitriles is 1. The Labute approximate surface area is 110 Å². The molecule has 0 bridgehead atoms. The summed E-state index contributed by atoms with van der Waals surface area (Å²) in [6, 6.07) is 2.64. The molecule has 3 N–H and O–H groups in total. The molecule has 1 aliphatic rings. The van der Waals surface area contributed by atoms with Crippen LogP contribution in [0.4, 0.5) is 0 Å². The van der Waals surface area contributed by atoms with E-state index in [9.17, 15) is 14.7 Å². The van der Waals surface area contributed by atoms with Gasteiger partial charge in [0.15, 0.2) is 6.10 Å². The fourth-order valence-electron chi connectivity index (χ4n) is 1.58. The summed E-state index contributed by atoms with van der Waals surface area (Å²) in [6.45, 7) is -0.817. The van der Waals surface area contributed by atoms with Crippen LogP contribution in [0.1, 0.15) is 0 Å². The lowest BCUT2D eigenvalue weighted by Crippen LogP contribution is -2.43. The number of aromatic nitrogens is 2. The van der Waals surface area contributed by atoms with Crippen LogP contribution in [0.2, 0.25) is 0 Å². The Morgan fingerprint density at radius 1 is 1.63 bits per heavy atom. The first-order valence-corrected chi connectivity index (χ1v) is 5.44. The van der Waals surface area contributed by atoms with Crippen molar-refractivity contribution in [2.24, 2.45) is 0 Å². The maximum absolute atomic E-state index is 11.6. The van der Waals surface area contributed by atoms with E-state index in [2.05, 4.69) is 0 Å². The van der Waals surface area contributed by atoms with Crippen LogP contribution < -0.4 is 11.2 Å².